The first-order chi connectivity index (χ1) is 1.73. The van der Waals surface area contributed by atoms with Gasteiger partial charge in [-0.2, -0.15) is 0 Å². The summed E-state index contributed by atoms with van der Waals surface area (Å²) in [6.45, 7) is 0. The van der Waals surface area contributed by atoms with Crippen LogP contribution in [0.1, 0.15) is 0 Å². The van der Waals surface area contributed by atoms with Crippen LogP contribution >= 0.6 is 0 Å². The van der Waals surface area contributed by atoms with Crippen LogP contribution in [0.3, 0.4) is 0 Å². The topological polar surface area (TPSA) is 57.2 Å². The molecule has 0 aromatic heterocycles. The first kappa shape index (κ1) is 10.2. The van der Waals surface area contributed by atoms with Crippen molar-refractivity contribution in [1.29, 1.82) is 0 Å². The molecule has 0 amide bonds. The van der Waals surface area contributed by atoms with Crippen LogP contribution in [0.4, 0.5) is 0 Å². The van der Waals surface area contributed by atoms with Gasteiger partial charge in [0.05, 0.1) is 0 Å². The second kappa shape index (κ2) is 6.11. The van der Waals surface area contributed by atoms with E-state index in [4.69, 9.17) is 10.1 Å². The van der Waals surface area contributed by atoms with Gasteiger partial charge in [-0.25, -0.2) is 0 Å². The van der Waals surface area contributed by atoms with E-state index in [-0.39, 0.29) is 58.2 Å². The molecule has 0 aliphatic rings. The van der Waals surface area contributed by atoms with Gasteiger partial charge in [-0.15, -0.1) is 0 Å². The van der Waals surface area contributed by atoms with Crippen LogP contribution in [0.5, 0.6) is 0 Å². The Hall–Kier alpha value is 2.11. The zero-order valence-corrected chi connectivity index (χ0v) is 10.8. The van der Waals surface area contributed by atoms with Crippen molar-refractivity contribution < 1.29 is 87.1 Å². The second-order valence-electron chi connectivity index (χ2n) is 0.224. The van der Waals surface area contributed by atoms with Crippen LogP contribution in [0.2, 0.25) is 0 Å². The Balaban J connectivity index is 0. The molecule has 0 heterocycles. The van der Waals surface area contributed by atoms with E-state index in [0.29, 0.717) is 0 Å². The zero-order valence-electron chi connectivity index (χ0n) is 2.67. The first-order valence-electron chi connectivity index (χ1n) is 0.548. The van der Waals surface area contributed by atoms with E-state index in [0.717, 1.165) is 0 Å². The molecule has 0 atom stereocenters. The molecule has 0 aromatic carbocycles. The van der Waals surface area contributed by atoms with E-state index in [9.17, 15) is 0 Å². The molecule has 0 rings (SSSR count). The van der Waals surface area contributed by atoms with Gasteiger partial charge >= 0.3 is 87.1 Å². The molecule has 5 heteroatoms. The SMILES string of the molecule is [O]=[Ta](=[O])[O-].[Rb+]. The van der Waals surface area contributed by atoms with Crippen molar-refractivity contribution in [3.05, 3.63) is 0 Å². The number of hydrogen-bond donors (Lipinski definition) is 0. The summed E-state index contributed by atoms with van der Waals surface area (Å²) >= 11 is -4.34. The maximum Gasteiger partial charge on any atom is 1.00 e. The van der Waals surface area contributed by atoms with Gasteiger partial charge in [-0.05, 0) is 0 Å². The minimum absolute atomic E-state index is 0. The molecule has 3 nitrogen and oxygen atoms in total. The van der Waals surface area contributed by atoms with Gasteiger partial charge in [0.15, 0.2) is 0 Å². The molecule has 5 heavy (non-hydrogen) atoms. The van der Waals surface area contributed by atoms with Crippen molar-refractivity contribution in [3.63, 3.8) is 0 Å². The molecule has 0 radical (unpaired) electrons. The largest absolute Gasteiger partial charge is 1.00 e. The molecule has 0 N–H and O–H groups in total. The summed E-state index contributed by atoms with van der Waals surface area (Å²) in [7, 11) is 0. The van der Waals surface area contributed by atoms with Gasteiger partial charge in [0.25, 0.3) is 0 Å². The van der Waals surface area contributed by atoms with Crippen LogP contribution < -0.4 is 61.8 Å². The Labute approximate surface area is 84.8 Å². The van der Waals surface area contributed by atoms with Gasteiger partial charge in [-0.1, -0.05) is 0 Å². The van der Waals surface area contributed by atoms with Gasteiger partial charge < -0.3 is 0 Å². The van der Waals surface area contributed by atoms with E-state index < -0.39 is 18.8 Å². The molecule has 0 fully saturated rings. The fourth-order valence-corrected chi connectivity index (χ4v) is 0. The average Bonchev–Trinajstić information content (AvgIpc) is 0.811. The van der Waals surface area contributed by atoms with Crippen LogP contribution in [0, 0.1) is 0 Å². The third-order valence-corrected chi connectivity index (χ3v) is 0. The van der Waals surface area contributed by atoms with Gasteiger partial charge in [0.2, 0.25) is 0 Å². The Kier molecular flexibility index (Phi) is 12.4. The zero-order chi connectivity index (χ0) is 3.58. The fourth-order valence-electron chi connectivity index (χ4n) is 0. The monoisotopic (exact) mass is 314 g/mol. The molecule has 0 aromatic rings. The van der Waals surface area contributed by atoms with Crippen LogP contribution in [0.25, 0.3) is 0 Å². The minimum atomic E-state index is -4.34. The van der Waals surface area contributed by atoms with Crippen molar-refractivity contribution in [2.24, 2.45) is 0 Å². The predicted molar refractivity (Wildman–Crippen MR) is 1.37 cm³/mol. The van der Waals surface area contributed by atoms with Crippen LogP contribution in [-0.4, -0.2) is 0 Å². The number of rotatable bonds is 0. The maximum absolute atomic E-state index is 8.62. The molecule has 0 unspecified atom stereocenters. The Morgan fingerprint density at radius 1 is 1.40 bits per heavy atom. The van der Waals surface area contributed by atoms with E-state index in [1.54, 1.807) is 0 Å². The summed E-state index contributed by atoms with van der Waals surface area (Å²) in [4.78, 5) is 0. The Morgan fingerprint density at radius 2 is 1.40 bits per heavy atom. The van der Waals surface area contributed by atoms with Crippen molar-refractivity contribution in [2.45, 2.75) is 0 Å². The molecule has 0 spiro atoms. The minimum Gasteiger partial charge on any atom is 1.00 e. The maximum atomic E-state index is 8.62. The Bertz CT molecular complexity index is 55.3. The number of hydrogen-bond acceptors (Lipinski definition) is 3. The van der Waals surface area contributed by atoms with E-state index in [2.05, 4.69) is 0 Å². The molecule has 24 valence electrons. The van der Waals surface area contributed by atoms with Crippen molar-refractivity contribution in [3.8, 4) is 0 Å². The van der Waals surface area contributed by atoms with Gasteiger partial charge in [0.1, 0.15) is 0 Å². The molecule has 0 saturated carbocycles. The molecular formula is O3RbTa. The summed E-state index contributed by atoms with van der Waals surface area (Å²) in [5.41, 5.74) is 0. The van der Waals surface area contributed by atoms with Crippen molar-refractivity contribution >= 4 is 0 Å². The molecule has 0 aliphatic heterocycles. The van der Waals surface area contributed by atoms with Gasteiger partial charge in [-0.3, -0.25) is 0 Å². The first-order valence-corrected chi connectivity index (χ1v) is 4.48. The van der Waals surface area contributed by atoms with E-state index in [1.807, 2.05) is 0 Å². The normalized spacial score (nSPS) is 5.00. The third-order valence-electron chi connectivity index (χ3n) is 0. The quantitative estimate of drug-likeness (QED) is 0.453. The standard InChI is InChI=1S/3O.Rb.Ta/q;;-1;+1;. The fraction of sp³-hybridized carbons (Fsp3) is 0. The molecule has 0 bridgehead atoms. The summed E-state index contributed by atoms with van der Waals surface area (Å²) in [6, 6.07) is 0. The van der Waals surface area contributed by atoms with Crippen LogP contribution in [-0.2, 0) is 25.3 Å². The summed E-state index contributed by atoms with van der Waals surface area (Å²) in [5.74, 6) is 0. The smallest absolute Gasteiger partial charge is 1.00 e. The van der Waals surface area contributed by atoms with E-state index in [1.165, 1.54) is 0 Å². The van der Waals surface area contributed by atoms with Gasteiger partial charge in [0, 0.05) is 0 Å². The Morgan fingerprint density at radius 3 is 1.40 bits per heavy atom. The van der Waals surface area contributed by atoms with Crippen molar-refractivity contribution in [2.75, 3.05) is 0 Å². The third kappa shape index (κ3) is 23.2. The van der Waals surface area contributed by atoms with Crippen LogP contribution in [0.15, 0.2) is 0 Å². The second-order valence-corrected chi connectivity index (χ2v) is 1.83. The van der Waals surface area contributed by atoms with E-state index >= 15 is 0 Å². The van der Waals surface area contributed by atoms with Crippen molar-refractivity contribution in [1.82, 2.24) is 0 Å². The molecule has 0 aliphatic carbocycles. The summed E-state index contributed by atoms with van der Waals surface area (Å²) in [6.07, 6.45) is 0. The summed E-state index contributed by atoms with van der Waals surface area (Å²) < 4.78 is 25.9. The average molecular weight is 314 g/mol. The molecule has 0 saturated heterocycles. The predicted octanol–water partition coefficient (Wildman–Crippen LogP) is -4.43. The molecular weight excluding hydrogens is 314 g/mol. The summed E-state index contributed by atoms with van der Waals surface area (Å²) in [5, 5.41) is 0.